The van der Waals surface area contributed by atoms with E-state index < -0.39 is 12.0 Å². The van der Waals surface area contributed by atoms with E-state index in [1.165, 1.54) is 9.80 Å². The van der Waals surface area contributed by atoms with Gasteiger partial charge in [-0.3, -0.25) is 0 Å². The van der Waals surface area contributed by atoms with E-state index in [0.717, 1.165) is 6.42 Å². The Balaban J connectivity index is 2.65. The van der Waals surface area contributed by atoms with Gasteiger partial charge in [-0.15, -0.1) is 0 Å². The summed E-state index contributed by atoms with van der Waals surface area (Å²) in [5.41, 5.74) is 0. The summed E-state index contributed by atoms with van der Waals surface area (Å²) in [6.45, 7) is 2.82. The van der Waals surface area contributed by atoms with Crippen LogP contribution in [0.3, 0.4) is 0 Å². The number of ether oxygens (including phenoxy) is 1. The summed E-state index contributed by atoms with van der Waals surface area (Å²) in [5, 5.41) is 9.02. The predicted octanol–water partition coefficient (Wildman–Crippen LogP) is 0.622. The monoisotopic (exact) mass is 244 g/mol. The van der Waals surface area contributed by atoms with Crippen molar-refractivity contribution in [2.24, 2.45) is 0 Å². The summed E-state index contributed by atoms with van der Waals surface area (Å²) in [7, 11) is 3.24. The van der Waals surface area contributed by atoms with E-state index in [1.54, 1.807) is 14.2 Å². The molecule has 2 amide bonds. The Labute approximate surface area is 101 Å². The van der Waals surface area contributed by atoms with E-state index in [0.29, 0.717) is 19.6 Å². The van der Waals surface area contributed by atoms with Crippen molar-refractivity contribution >= 4 is 12.0 Å². The van der Waals surface area contributed by atoms with E-state index in [9.17, 15) is 9.59 Å². The molecule has 0 radical (unpaired) electrons. The van der Waals surface area contributed by atoms with Gasteiger partial charge in [0.25, 0.3) is 0 Å². The second-order valence-electron chi connectivity index (χ2n) is 4.39. The summed E-state index contributed by atoms with van der Waals surface area (Å²) >= 11 is 0. The van der Waals surface area contributed by atoms with Crippen molar-refractivity contribution in [1.29, 1.82) is 0 Å². The highest BCUT2D eigenvalue weighted by Crippen LogP contribution is 2.19. The van der Waals surface area contributed by atoms with Crippen LogP contribution in [0.1, 0.15) is 19.8 Å². The minimum atomic E-state index is -0.927. The molecule has 6 heteroatoms. The number of rotatable bonds is 4. The van der Waals surface area contributed by atoms with E-state index in [-0.39, 0.29) is 12.1 Å². The molecule has 0 aromatic heterocycles. The number of hydrogen-bond donors (Lipinski definition) is 1. The van der Waals surface area contributed by atoms with Crippen molar-refractivity contribution in [3.8, 4) is 0 Å². The van der Waals surface area contributed by atoms with Crippen molar-refractivity contribution in [2.75, 3.05) is 27.3 Å². The minimum absolute atomic E-state index is 0.0671. The maximum absolute atomic E-state index is 12.1. The number of aliphatic carboxylic acids is 1. The Morgan fingerprint density at radius 3 is 2.76 bits per heavy atom. The number of carbonyl (C=O) groups excluding carboxylic acids is 1. The van der Waals surface area contributed by atoms with Crippen LogP contribution in [0, 0.1) is 0 Å². The van der Waals surface area contributed by atoms with E-state index in [4.69, 9.17) is 9.84 Å². The number of carboxylic acid groups (broad SMARTS) is 1. The quantitative estimate of drug-likeness (QED) is 0.787. The summed E-state index contributed by atoms with van der Waals surface area (Å²) in [6.07, 6.45) is 1.28. The minimum Gasteiger partial charge on any atom is -0.480 e. The van der Waals surface area contributed by atoms with Gasteiger partial charge < -0.3 is 19.6 Å². The van der Waals surface area contributed by atoms with Crippen LogP contribution in [0.4, 0.5) is 4.79 Å². The molecule has 1 saturated heterocycles. The number of likely N-dealkylation sites (N-methyl/N-ethyl adjacent to an activating group) is 1. The van der Waals surface area contributed by atoms with Gasteiger partial charge in [0.05, 0.1) is 12.6 Å². The molecule has 1 rings (SSSR count). The largest absolute Gasteiger partial charge is 0.480 e. The van der Waals surface area contributed by atoms with E-state index in [2.05, 4.69) is 0 Å². The molecule has 0 aromatic carbocycles. The van der Waals surface area contributed by atoms with Crippen LogP contribution in [-0.2, 0) is 9.53 Å². The number of carboxylic acids is 1. The fourth-order valence-electron chi connectivity index (χ4n) is 2.00. The van der Waals surface area contributed by atoms with Crippen LogP contribution in [0.25, 0.3) is 0 Å². The van der Waals surface area contributed by atoms with Crippen LogP contribution in [0.5, 0.6) is 0 Å². The van der Waals surface area contributed by atoms with Gasteiger partial charge in [-0.25, -0.2) is 9.59 Å². The standard InChI is InChI=1S/C11H20N2O4/c1-8(7-17-3)12(2)11(16)13-6-4-5-9(13)10(14)15/h8-9H,4-7H2,1-3H3,(H,14,15)/t8?,9-/m0/s1. The molecule has 98 valence electrons. The molecule has 6 nitrogen and oxygen atoms in total. The molecule has 1 heterocycles. The molecule has 0 aliphatic carbocycles. The highest BCUT2D eigenvalue weighted by atomic mass is 16.5. The van der Waals surface area contributed by atoms with Crippen molar-refractivity contribution in [2.45, 2.75) is 31.8 Å². The first-order chi connectivity index (χ1) is 7.99. The van der Waals surface area contributed by atoms with Crippen LogP contribution >= 0.6 is 0 Å². The zero-order chi connectivity index (χ0) is 13.0. The Kier molecular flexibility index (Phi) is 4.74. The first kappa shape index (κ1) is 13.8. The van der Waals surface area contributed by atoms with Gasteiger partial charge in [-0.05, 0) is 19.8 Å². The Morgan fingerprint density at radius 2 is 2.24 bits per heavy atom. The number of urea groups is 1. The van der Waals surface area contributed by atoms with Crippen molar-refractivity contribution in [3.63, 3.8) is 0 Å². The molecule has 0 saturated carbocycles. The lowest BCUT2D eigenvalue weighted by Crippen LogP contribution is -2.50. The predicted molar refractivity (Wildman–Crippen MR) is 61.9 cm³/mol. The maximum Gasteiger partial charge on any atom is 0.326 e. The zero-order valence-electron chi connectivity index (χ0n) is 10.5. The average molecular weight is 244 g/mol. The second-order valence-corrected chi connectivity index (χ2v) is 4.39. The molecule has 2 atom stereocenters. The van der Waals surface area contributed by atoms with Gasteiger partial charge in [0, 0.05) is 20.7 Å². The van der Waals surface area contributed by atoms with Crippen molar-refractivity contribution in [1.82, 2.24) is 9.80 Å². The molecule has 0 bridgehead atoms. The Hall–Kier alpha value is -1.30. The van der Waals surface area contributed by atoms with Gasteiger partial charge >= 0.3 is 12.0 Å². The fourth-order valence-corrected chi connectivity index (χ4v) is 2.00. The number of carbonyl (C=O) groups is 2. The highest BCUT2D eigenvalue weighted by Gasteiger charge is 2.36. The van der Waals surface area contributed by atoms with Gasteiger partial charge in [0.2, 0.25) is 0 Å². The number of methoxy groups -OCH3 is 1. The van der Waals surface area contributed by atoms with Gasteiger partial charge in [-0.2, -0.15) is 0 Å². The molecule has 1 fully saturated rings. The third-order valence-corrected chi connectivity index (χ3v) is 3.15. The lowest BCUT2D eigenvalue weighted by atomic mass is 10.2. The molecule has 0 spiro atoms. The molecule has 1 N–H and O–H groups in total. The second kappa shape index (κ2) is 5.86. The number of likely N-dealkylation sites (tertiary alicyclic amines) is 1. The molecular formula is C11H20N2O4. The van der Waals surface area contributed by atoms with Gasteiger partial charge in [0.1, 0.15) is 6.04 Å². The summed E-state index contributed by atoms with van der Waals surface area (Å²) < 4.78 is 4.98. The zero-order valence-corrected chi connectivity index (χ0v) is 10.5. The lowest BCUT2D eigenvalue weighted by molar-refractivity contribution is -0.141. The van der Waals surface area contributed by atoms with Crippen molar-refractivity contribution in [3.05, 3.63) is 0 Å². The van der Waals surface area contributed by atoms with Crippen LogP contribution in [0.2, 0.25) is 0 Å². The SMILES string of the molecule is COCC(C)N(C)C(=O)N1CCC[C@H]1C(=O)O. The first-order valence-corrected chi connectivity index (χ1v) is 5.74. The molecule has 1 aliphatic heterocycles. The lowest BCUT2D eigenvalue weighted by Gasteiger charge is -2.31. The smallest absolute Gasteiger partial charge is 0.326 e. The van der Waals surface area contributed by atoms with Crippen LogP contribution in [-0.4, -0.2) is 66.3 Å². The van der Waals surface area contributed by atoms with Crippen LogP contribution < -0.4 is 0 Å². The summed E-state index contributed by atoms with van der Waals surface area (Å²) in [4.78, 5) is 26.1. The highest BCUT2D eigenvalue weighted by molar-refractivity contribution is 5.83. The summed E-state index contributed by atoms with van der Waals surface area (Å²) in [6, 6.07) is -0.985. The third kappa shape index (κ3) is 3.09. The number of hydrogen-bond acceptors (Lipinski definition) is 3. The van der Waals surface area contributed by atoms with E-state index in [1.807, 2.05) is 6.92 Å². The maximum atomic E-state index is 12.1. The molecular weight excluding hydrogens is 224 g/mol. The topological polar surface area (TPSA) is 70.1 Å². The molecule has 1 aliphatic rings. The third-order valence-electron chi connectivity index (χ3n) is 3.15. The molecule has 0 aromatic rings. The number of amides is 2. The Bertz CT molecular complexity index is 295. The fraction of sp³-hybridized carbons (Fsp3) is 0.818. The first-order valence-electron chi connectivity index (χ1n) is 5.74. The van der Waals surface area contributed by atoms with Crippen molar-refractivity contribution < 1.29 is 19.4 Å². The average Bonchev–Trinajstić information content (AvgIpc) is 2.76. The molecule has 1 unspecified atom stereocenters. The summed E-state index contributed by atoms with van der Waals surface area (Å²) in [5.74, 6) is -0.927. The van der Waals surface area contributed by atoms with E-state index >= 15 is 0 Å². The van der Waals surface area contributed by atoms with Gasteiger partial charge in [0.15, 0.2) is 0 Å². The molecule has 17 heavy (non-hydrogen) atoms. The number of nitrogens with zero attached hydrogens (tertiary/aromatic N) is 2. The van der Waals surface area contributed by atoms with Gasteiger partial charge in [-0.1, -0.05) is 0 Å². The Morgan fingerprint density at radius 1 is 1.59 bits per heavy atom. The normalized spacial score (nSPS) is 21.4. The van der Waals surface area contributed by atoms with Crippen LogP contribution in [0.15, 0.2) is 0 Å².